The Morgan fingerprint density at radius 2 is 1.96 bits per heavy atom. The summed E-state index contributed by atoms with van der Waals surface area (Å²) in [5.74, 6) is -1.09. The topological polar surface area (TPSA) is 83.7 Å². The van der Waals surface area contributed by atoms with Gasteiger partial charge in [-0.15, -0.1) is 0 Å². The first-order valence-electron chi connectivity index (χ1n) is 7.56. The Morgan fingerprint density at radius 3 is 2.67 bits per heavy atom. The average Bonchev–Trinajstić information content (AvgIpc) is 2.59. The molecule has 3 rings (SSSR count). The number of hydrogen-bond donors (Lipinski definition) is 1. The standard InChI is InChI=1S/C18H16N2O4/c21-18(22)8-6-13-5-7-16(17(11-13)20(23)24)19-10-9-14-3-1-2-4-15(14)12-19/h1-8,11H,9-10,12H2,(H,21,22)/b8-6+. The van der Waals surface area contributed by atoms with Crippen LogP contribution in [0.2, 0.25) is 0 Å². The molecule has 0 atom stereocenters. The Hall–Kier alpha value is -3.15. The number of nitro groups is 1. The maximum Gasteiger partial charge on any atom is 0.328 e. The van der Waals surface area contributed by atoms with Gasteiger partial charge in [0.05, 0.1) is 4.92 Å². The highest BCUT2D eigenvalue weighted by Gasteiger charge is 2.23. The fraction of sp³-hybridized carbons (Fsp3) is 0.167. The first-order valence-corrected chi connectivity index (χ1v) is 7.56. The van der Waals surface area contributed by atoms with Crippen LogP contribution in [0.4, 0.5) is 11.4 Å². The van der Waals surface area contributed by atoms with Gasteiger partial charge in [-0.2, -0.15) is 0 Å². The number of carbonyl (C=O) groups is 1. The predicted molar refractivity (Wildman–Crippen MR) is 91.0 cm³/mol. The summed E-state index contributed by atoms with van der Waals surface area (Å²) in [7, 11) is 0. The third kappa shape index (κ3) is 3.27. The number of fused-ring (bicyclic) bond motifs is 1. The first kappa shape index (κ1) is 15.7. The average molecular weight is 324 g/mol. The lowest BCUT2D eigenvalue weighted by Crippen LogP contribution is -2.30. The van der Waals surface area contributed by atoms with Crippen molar-refractivity contribution >= 4 is 23.4 Å². The second kappa shape index (κ2) is 6.54. The summed E-state index contributed by atoms with van der Waals surface area (Å²) < 4.78 is 0. The molecule has 0 radical (unpaired) electrons. The molecule has 0 aliphatic carbocycles. The Morgan fingerprint density at radius 1 is 1.21 bits per heavy atom. The smallest absolute Gasteiger partial charge is 0.328 e. The number of nitro benzene ring substituents is 1. The third-order valence-electron chi connectivity index (χ3n) is 4.09. The second-order valence-electron chi connectivity index (χ2n) is 5.62. The lowest BCUT2D eigenvalue weighted by molar-refractivity contribution is -0.384. The molecule has 1 heterocycles. The number of aliphatic carboxylic acids is 1. The fourth-order valence-electron chi connectivity index (χ4n) is 2.93. The van der Waals surface area contributed by atoms with Crippen LogP contribution in [0.3, 0.4) is 0 Å². The summed E-state index contributed by atoms with van der Waals surface area (Å²) in [6.07, 6.45) is 3.16. The van der Waals surface area contributed by atoms with E-state index in [-0.39, 0.29) is 5.69 Å². The van der Waals surface area contributed by atoms with Crippen LogP contribution in [-0.2, 0) is 17.8 Å². The molecule has 0 unspecified atom stereocenters. The van der Waals surface area contributed by atoms with Crippen LogP contribution in [0, 0.1) is 10.1 Å². The van der Waals surface area contributed by atoms with E-state index < -0.39 is 10.9 Å². The predicted octanol–water partition coefficient (Wildman–Crippen LogP) is 3.26. The molecule has 0 amide bonds. The minimum Gasteiger partial charge on any atom is -0.478 e. The highest BCUT2D eigenvalue weighted by Crippen LogP contribution is 2.33. The molecular weight excluding hydrogens is 308 g/mol. The Balaban J connectivity index is 1.93. The number of benzene rings is 2. The van der Waals surface area contributed by atoms with Crippen LogP contribution >= 0.6 is 0 Å². The summed E-state index contributed by atoms with van der Waals surface area (Å²) in [4.78, 5) is 23.6. The van der Waals surface area contributed by atoms with E-state index in [1.165, 1.54) is 23.3 Å². The summed E-state index contributed by atoms with van der Waals surface area (Å²) >= 11 is 0. The lowest BCUT2D eigenvalue weighted by atomic mass is 9.99. The Kier molecular flexibility index (Phi) is 4.29. The van der Waals surface area contributed by atoms with Gasteiger partial charge in [0.25, 0.3) is 5.69 Å². The Labute approximate surface area is 138 Å². The molecule has 0 fully saturated rings. The van der Waals surface area contributed by atoms with Crippen molar-refractivity contribution in [3.8, 4) is 0 Å². The normalized spacial score (nSPS) is 13.8. The van der Waals surface area contributed by atoms with Crippen LogP contribution < -0.4 is 4.90 Å². The molecule has 0 saturated carbocycles. The van der Waals surface area contributed by atoms with Gasteiger partial charge in [-0.1, -0.05) is 30.3 Å². The SMILES string of the molecule is O=C(O)/C=C/c1ccc(N2CCc3ccccc3C2)c([N+](=O)[O-])c1. The van der Waals surface area contributed by atoms with Crippen molar-refractivity contribution < 1.29 is 14.8 Å². The van der Waals surface area contributed by atoms with Gasteiger partial charge in [0.15, 0.2) is 0 Å². The van der Waals surface area contributed by atoms with Gasteiger partial charge in [0.1, 0.15) is 5.69 Å². The van der Waals surface area contributed by atoms with Gasteiger partial charge in [-0.25, -0.2) is 4.79 Å². The second-order valence-corrected chi connectivity index (χ2v) is 5.62. The zero-order chi connectivity index (χ0) is 17.1. The molecule has 0 spiro atoms. The van der Waals surface area contributed by atoms with Crippen LogP contribution in [0.5, 0.6) is 0 Å². The van der Waals surface area contributed by atoms with Crippen molar-refractivity contribution in [3.05, 3.63) is 75.3 Å². The van der Waals surface area contributed by atoms with Gasteiger partial charge in [-0.3, -0.25) is 10.1 Å². The first-order chi connectivity index (χ1) is 11.5. The van der Waals surface area contributed by atoms with Gasteiger partial charge in [0.2, 0.25) is 0 Å². The van der Waals surface area contributed by atoms with Crippen molar-refractivity contribution in [1.82, 2.24) is 0 Å². The maximum absolute atomic E-state index is 11.4. The number of anilines is 1. The zero-order valence-corrected chi connectivity index (χ0v) is 12.9. The Bertz CT molecular complexity index is 830. The third-order valence-corrected chi connectivity index (χ3v) is 4.09. The van der Waals surface area contributed by atoms with Crippen molar-refractivity contribution in [2.75, 3.05) is 11.4 Å². The molecule has 1 aliphatic heterocycles. The number of rotatable bonds is 4. The fourth-order valence-corrected chi connectivity index (χ4v) is 2.93. The minimum atomic E-state index is -1.09. The van der Waals surface area contributed by atoms with Crippen molar-refractivity contribution in [1.29, 1.82) is 0 Å². The van der Waals surface area contributed by atoms with E-state index >= 15 is 0 Å². The largest absolute Gasteiger partial charge is 0.478 e. The van der Waals surface area contributed by atoms with Crippen molar-refractivity contribution in [2.24, 2.45) is 0 Å². The zero-order valence-electron chi connectivity index (χ0n) is 12.9. The monoisotopic (exact) mass is 324 g/mol. The molecule has 1 aliphatic rings. The number of nitrogens with zero attached hydrogens (tertiary/aromatic N) is 2. The molecule has 6 nitrogen and oxygen atoms in total. The molecule has 6 heteroatoms. The van der Waals surface area contributed by atoms with Crippen molar-refractivity contribution in [3.63, 3.8) is 0 Å². The van der Waals surface area contributed by atoms with Crippen LogP contribution in [0.15, 0.2) is 48.5 Å². The quantitative estimate of drug-likeness (QED) is 0.530. The molecule has 0 saturated heterocycles. The van der Waals surface area contributed by atoms with Crippen LogP contribution in [0.25, 0.3) is 6.08 Å². The number of hydrogen-bond acceptors (Lipinski definition) is 4. The lowest BCUT2D eigenvalue weighted by Gasteiger charge is -2.30. The molecular formula is C18H16N2O4. The molecule has 2 aromatic carbocycles. The van der Waals surface area contributed by atoms with E-state index in [0.29, 0.717) is 24.3 Å². The molecule has 122 valence electrons. The van der Waals surface area contributed by atoms with E-state index in [9.17, 15) is 14.9 Å². The molecule has 2 aromatic rings. The highest BCUT2D eigenvalue weighted by molar-refractivity contribution is 5.85. The number of carboxylic acids is 1. The molecule has 1 N–H and O–H groups in total. The van der Waals surface area contributed by atoms with Gasteiger partial charge in [-0.05, 0) is 35.3 Å². The van der Waals surface area contributed by atoms with E-state index in [1.807, 2.05) is 23.1 Å². The van der Waals surface area contributed by atoms with Gasteiger partial charge >= 0.3 is 5.97 Å². The maximum atomic E-state index is 11.4. The number of carboxylic acid groups (broad SMARTS) is 1. The summed E-state index contributed by atoms with van der Waals surface area (Å²) in [6, 6.07) is 12.9. The summed E-state index contributed by atoms with van der Waals surface area (Å²) in [5, 5.41) is 20.1. The van der Waals surface area contributed by atoms with E-state index in [4.69, 9.17) is 5.11 Å². The van der Waals surface area contributed by atoms with E-state index in [2.05, 4.69) is 6.07 Å². The van der Waals surface area contributed by atoms with E-state index in [1.54, 1.807) is 12.1 Å². The van der Waals surface area contributed by atoms with Gasteiger partial charge in [0, 0.05) is 25.2 Å². The highest BCUT2D eigenvalue weighted by atomic mass is 16.6. The van der Waals surface area contributed by atoms with Gasteiger partial charge < -0.3 is 10.0 Å². The molecule has 0 bridgehead atoms. The van der Waals surface area contributed by atoms with E-state index in [0.717, 1.165) is 12.5 Å². The minimum absolute atomic E-state index is 0.0121. The van der Waals surface area contributed by atoms with Crippen LogP contribution in [0.1, 0.15) is 16.7 Å². The molecule has 24 heavy (non-hydrogen) atoms. The van der Waals surface area contributed by atoms with Crippen LogP contribution in [-0.4, -0.2) is 22.5 Å². The summed E-state index contributed by atoms with van der Waals surface area (Å²) in [5.41, 5.74) is 3.49. The summed E-state index contributed by atoms with van der Waals surface area (Å²) in [6.45, 7) is 1.34. The van der Waals surface area contributed by atoms with Crippen molar-refractivity contribution in [2.45, 2.75) is 13.0 Å². The molecule has 0 aromatic heterocycles.